The predicted molar refractivity (Wildman–Crippen MR) is 193 cm³/mol. The van der Waals surface area contributed by atoms with Gasteiger partial charge >= 0.3 is 31.0 Å². The van der Waals surface area contributed by atoms with Crippen molar-refractivity contribution in [1.82, 2.24) is 0 Å². The van der Waals surface area contributed by atoms with Crippen LogP contribution in [0.4, 0.5) is 0 Å². The van der Waals surface area contributed by atoms with Gasteiger partial charge in [-0.3, -0.25) is 19.2 Å². The Morgan fingerprint density at radius 2 is 1.06 bits per heavy atom. The third-order valence-corrected chi connectivity index (χ3v) is 9.42. The predicted octanol–water partition coefficient (Wildman–Crippen LogP) is 6.20. The molecule has 2 aliphatic heterocycles. The lowest BCUT2D eigenvalue weighted by Gasteiger charge is -2.46. The maximum absolute atomic E-state index is 13.7. The smallest absolute Gasteiger partial charge is 0.462 e. The molecule has 12 heteroatoms. The summed E-state index contributed by atoms with van der Waals surface area (Å²) in [4.78, 5) is 54.0. The highest BCUT2D eigenvalue weighted by Crippen LogP contribution is 2.42. The van der Waals surface area contributed by atoms with E-state index in [1.54, 1.807) is 83.1 Å². The standard InChI is InChI=1S/C39H61BO11/c1-22-23(19-18-20-24(22)40-50-38(14,15)39(16,17)51-40)26-28(48-32(43)36(8,9)10)29(49-33(44)37(11,12)13)27(47-31(42)35(5,6)7)25(46-26)21-45-30(41)34(2,3)4/h18-20,25-29H,21H2,1-17H3/t25-,26-,27-,28-,29-/m1/s1. The maximum atomic E-state index is 13.7. The molecule has 0 N–H and O–H groups in total. The molecule has 2 heterocycles. The second-order valence-electron chi connectivity index (χ2n) is 19.0. The molecule has 5 atom stereocenters. The summed E-state index contributed by atoms with van der Waals surface area (Å²) in [6, 6.07) is 5.55. The molecule has 0 amide bonds. The number of carbonyl (C=O) groups excluding carboxylic acids is 4. The zero-order chi connectivity index (χ0) is 39.3. The molecule has 286 valence electrons. The Balaban J connectivity index is 2.29. The quantitative estimate of drug-likeness (QED) is 0.182. The highest BCUT2D eigenvalue weighted by molar-refractivity contribution is 6.62. The molecule has 2 saturated heterocycles. The molecule has 11 nitrogen and oxygen atoms in total. The van der Waals surface area contributed by atoms with E-state index in [1.807, 2.05) is 52.8 Å². The summed E-state index contributed by atoms with van der Waals surface area (Å²) < 4.78 is 43.9. The Hall–Kier alpha value is -2.96. The molecule has 1 aromatic carbocycles. The summed E-state index contributed by atoms with van der Waals surface area (Å²) in [5.41, 5.74) is -2.90. The van der Waals surface area contributed by atoms with Crippen LogP contribution in [0.5, 0.6) is 0 Å². The van der Waals surface area contributed by atoms with Crippen LogP contribution in [0.1, 0.15) is 128 Å². The lowest BCUT2D eigenvalue weighted by molar-refractivity contribution is -0.262. The van der Waals surface area contributed by atoms with Gasteiger partial charge in [-0.1, -0.05) is 18.2 Å². The van der Waals surface area contributed by atoms with Crippen molar-refractivity contribution >= 4 is 36.5 Å². The zero-order valence-electron chi connectivity index (χ0n) is 33.9. The molecular formula is C39H61BO11. The first kappa shape index (κ1) is 42.5. The Kier molecular flexibility index (Phi) is 12.0. The van der Waals surface area contributed by atoms with Crippen molar-refractivity contribution in [3.8, 4) is 0 Å². The van der Waals surface area contributed by atoms with Gasteiger partial charge in [0.05, 0.1) is 32.9 Å². The summed E-state index contributed by atoms with van der Waals surface area (Å²) in [5, 5.41) is 0. The molecule has 0 aliphatic carbocycles. The summed E-state index contributed by atoms with van der Waals surface area (Å²) >= 11 is 0. The van der Waals surface area contributed by atoms with Crippen molar-refractivity contribution in [2.75, 3.05) is 6.61 Å². The fourth-order valence-electron chi connectivity index (χ4n) is 5.19. The number of rotatable bonds is 7. The molecule has 0 bridgehead atoms. The number of ether oxygens (including phenoxy) is 5. The van der Waals surface area contributed by atoms with Crippen LogP contribution in [0.3, 0.4) is 0 Å². The molecule has 2 aliphatic rings. The molecule has 0 aromatic heterocycles. The van der Waals surface area contributed by atoms with E-state index < -0.39 is 94.4 Å². The van der Waals surface area contributed by atoms with Crippen molar-refractivity contribution < 1.29 is 52.2 Å². The van der Waals surface area contributed by atoms with E-state index >= 15 is 0 Å². The number of hydrogen-bond acceptors (Lipinski definition) is 11. The fourth-order valence-corrected chi connectivity index (χ4v) is 5.19. The highest BCUT2D eigenvalue weighted by Gasteiger charge is 2.56. The van der Waals surface area contributed by atoms with Crippen molar-refractivity contribution in [3.63, 3.8) is 0 Å². The normalized spacial score (nSPS) is 25.2. The summed E-state index contributed by atoms with van der Waals surface area (Å²) in [6.45, 7) is 29.8. The first-order valence-electron chi connectivity index (χ1n) is 17.8. The molecule has 0 spiro atoms. The molecule has 0 saturated carbocycles. The summed E-state index contributed by atoms with van der Waals surface area (Å²) in [6.07, 6.45) is -6.17. The van der Waals surface area contributed by atoms with Crippen molar-refractivity contribution in [3.05, 3.63) is 29.3 Å². The van der Waals surface area contributed by atoms with Gasteiger partial charge in [0.15, 0.2) is 18.3 Å². The SMILES string of the molecule is Cc1c(B2OC(C)(C)C(C)(C)O2)cccc1[C@H]1O[C@H](COC(=O)C(C)(C)C)[C@@H](OC(=O)C(C)(C)C)[C@@H](OC(=O)C(C)(C)C)[C@@H]1OC(=O)C(C)(C)C. The highest BCUT2D eigenvalue weighted by atomic mass is 16.7. The minimum Gasteiger partial charge on any atom is -0.462 e. The first-order chi connectivity index (χ1) is 22.9. The van der Waals surface area contributed by atoms with E-state index in [1.165, 1.54) is 0 Å². The Labute approximate surface area is 305 Å². The number of hydrogen-bond donors (Lipinski definition) is 0. The van der Waals surface area contributed by atoms with Gasteiger partial charge in [-0.25, -0.2) is 0 Å². The van der Waals surface area contributed by atoms with E-state index in [0.29, 0.717) is 5.56 Å². The second kappa shape index (κ2) is 14.5. The molecular weight excluding hydrogens is 655 g/mol. The van der Waals surface area contributed by atoms with E-state index in [-0.39, 0.29) is 6.61 Å². The van der Waals surface area contributed by atoms with Crippen LogP contribution in [0.15, 0.2) is 18.2 Å². The topological polar surface area (TPSA) is 133 Å². The maximum Gasteiger partial charge on any atom is 0.495 e. The minimum absolute atomic E-state index is 0.339. The van der Waals surface area contributed by atoms with E-state index in [9.17, 15) is 19.2 Å². The summed E-state index contributed by atoms with van der Waals surface area (Å²) in [5.74, 6) is -2.32. The van der Waals surface area contributed by atoms with Gasteiger partial charge in [-0.05, 0) is 134 Å². The van der Waals surface area contributed by atoms with Crippen molar-refractivity contribution in [2.24, 2.45) is 21.7 Å². The fraction of sp³-hybridized carbons (Fsp3) is 0.744. The molecule has 1 aromatic rings. The Bertz CT molecular complexity index is 1450. The minimum atomic E-state index is -1.36. The Morgan fingerprint density at radius 1 is 0.647 bits per heavy atom. The first-order valence-corrected chi connectivity index (χ1v) is 17.8. The van der Waals surface area contributed by atoms with Gasteiger partial charge in [0.1, 0.15) is 18.8 Å². The lowest BCUT2D eigenvalue weighted by Crippen LogP contribution is -2.61. The van der Waals surface area contributed by atoms with Crippen molar-refractivity contribution in [2.45, 2.75) is 159 Å². The number of esters is 4. The van der Waals surface area contributed by atoms with Crippen LogP contribution < -0.4 is 5.46 Å². The second-order valence-corrected chi connectivity index (χ2v) is 19.0. The van der Waals surface area contributed by atoms with E-state index in [2.05, 4.69) is 0 Å². The third kappa shape index (κ3) is 9.73. The van der Waals surface area contributed by atoms with Gasteiger partial charge in [-0.2, -0.15) is 0 Å². The average molecular weight is 717 g/mol. The van der Waals surface area contributed by atoms with Gasteiger partial charge in [-0.15, -0.1) is 0 Å². The molecule has 51 heavy (non-hydrogen) atoms. The van der Waals surface area contributed by atoms with Gasteiger partial charge in [0.25, 0.3) is 0 Å². The molecule has 0 radical (unpaired) electrons. The van der Waals surface area contributed by atoms with Crippen LogP contribution in [-0.2, 0) is 52.2 Å². The van der Waals surface area contributed by atoms with Crippen molar-refractivity contribution in [1.29, 1.82) is 0 Å². The largest absolute Gasteiger partial charge is 0.495 e. The lowest BCUT2D eigenvalue weighted by atomic mass is 9.73. The number of benzene rings is 1. The molecule has 3 rings (SSSR count). The van der Waals surface area contributed by atoms with Crippen LogP contribution in [0, 0.1) is 28.6 Å². The molecule has 2 fully saturated rings. The average Bonchev–Trinajstić information content (AvgIpc) is 3.17. The molecule has 0 unspecified atom stereocenters. The monoisotopic (exact) mass is 716 g/mol. The van der Waals surface area contributed by atoms with Gasteiger partial charge in [0, 0.05) is 0 Å². The number of carbonyl (C=O) groups is 4. The van der Waals surface area contributed by atoms with Crippen LogP contribution in [-0.4, -0.2) is 73.2 Å². The van der Waals surface area contributed by atoms with Crippen LogP contribution in [0.25, 0.3) is 0 Å². The van der Waals surface area contributed by atoms with E-state index in [0.717, 1.165) is 11.0 Å². The Morgan fingerprint density at radius 3 is 1.49 bits per heavy atom. The van der Waals surface area contributed by atoms with Crippen LogP contribution >= 0.6 is 0 Å². The van der Waals surface area contributed by atoms with Gasteiger partial charge < -0.3 is 33.0 Å². The van der Waals surface area contributed by atoms with Crippen LogP contribution in [0.2, 0.25) is 0 Å². The third-order valence-electron chi connectivity index (χ3n) is 9.42. The summed E-state index contributed by atoms with van der Waals surface area (Å²) in [7, 11) is -0.715. The van der Waals surface area contributed by atoms with Gasteiger partial charge in [0.2, 0.25) is 0 Å². The van der Waals surface area contributed by atoms with E-state index in [4.69, 9.17) is 33.0 Å². The zero-order valence-corrected chi connectivity index (χ0v) is 33.9.